The molecule has 0 aliphatic heterocycles. The smallest absolute Gasteiger partial charge is 0.264 e. The molecule has 0 aliphatic rings. The van der Waals surface area contributed by atoms with E-state index < -0.39 is 0 Å². The largest absolute Gasteiger partial charge is 0.332 e. The minimum absolute atomic E-state index is 0.0300. The van der Waals surface area contributed by atoms with E-state index in [4.69, 9.17) is 0 Å². The molecular weight excluding hydrogens is 308 g/mol. The topological polar surface area (TPSA) is 49.4 Å². The average molecular weight is 330 g/mol. The first-order chi connectivity index (χ1) is 10.8. The van der Waals surface area contributed by atoms with E-state index in [9.17, 15) is 9.59 Å². The molecule has 1 aromatic carbocycles. The highest BCUT2D eigenvalue weighted by molar-refractivity contribution is 7.14. The van der Waals surface area contributed by atoms with Crippen molar-refractivity contribution in [2.75, 3.05) is 18.9 Å². The maximum absolute atomic E-state index is 12.4. The van der Waals surface area contributed by atoms with Gasteiger partial charge in [0.15, 0.2) is 0 Å². The van der Waals surface area contributed by atoms with Crippen LogP contribution in [0.5, 0.6) is 0 Å². The number of carbonyl (C=O) groups excluding carboxylic acids is 2. The van der Waals surface area contributed by atoms with Gasteiger partial charge in [0.1, 0.15) is 0 Å². The lowest BCUT2D eigenvalue weighted by Gasteiger charge is -2.17. The minimum atomic E-state index is -0.195. The number of hydrogen-bond acceptors (Lipinski definition) is 3. The first kappa shape index (κ1) is 17.2. The second-order valence-corrected chi connectivity index (χ2v) is 7.06. The minimum Gasteiger partial charge on any atom is -0.332 e. The molecule has 0 unspecified atom stereocenters. The SMILES string of the molecule is Cc1cc(C(=O)N(C)CC(=O)Nc2cccc(C)c2C)sc1C. The number of aryl methyl sites for hydroxylation is 3. The zero-order chi connectivity index (χ0) is 17.1. The summed E-state index contributed by atoms with van der Waals surface area (Å²) in [6, 6.07) is 7.65. The number of thiophene rings is 1. The predicted octanol–water partition coefficient (Wildman–Crippen LogP) is 3.69. The first-order valence-corrected chi connectivity index (χ1v) is 8.29. The maximum Gasteiger partial charge on any atom is 0.264 e. The van der Waals surface area contributed by atoms with Gasteiger partial charge in [-0.05, 0) is 56.5 Å². The molecule has 2 amide bonds. The Hall–Kier alpha value is -2.14. The van der Waals surface area contributed by atoms with Gasteiger partial charge >= 0.3 is 0 Å². The Morgan fingerprint density at radius 3 is 2.43 bits per heavy atom. The van der Waals surface area contributed by atoms with E-state index in [0.717, 1.165) is 27.3 Å². The molecule has 1 aromatic heterocycles. The molecule has 5 heteroatoms. The molecule has 0 aliphatic carbocycles. The molecule has 0 saturated heterocycles. The molecule has 2 rings (SSSR count). The molecule has 0 saturated carbocycles. The lowest BCUT2D eigenvalue weighted by molar-refractivity contribution is -0.116. The van der Waals surface area contributed by atoms with Crippen LogP contribution in [-0.4, -0.2) is 30.3 Å². The molecule has 4 nitrogen and oxygen atoms in total. The highest BCUT2D eigenvalue weighted by Gasteiger charge is 2.18. The molecule has 0 radical (unpaired) electrons. The average Bonchev–Trinajstić information content (AvgIpc) is 2.82. The molecule has 122 valence electrons. The fourth-order valence-corrected chi connectivity index (χ4v) is 3.26. The van der Waals surface area contributed by atoms with Gasteiger partial charge in [0.05, 0.1) is 11.4 Å². The molecule has 2 aromatic rings. The lowest BCUT2D eigenvalue weighted by Crippen LogP contribution is -2.34. The molecule has 0 atom stereocenters. The van der Waals surface area contributed by atoms with E-state index in [1.165, 1.54) is 16.2 Å². The zero-order valence-electron chi connectivity index (χ0n) is 14.2. The van der Waals surface area contributed by atoms with Crippen molar-refractivity contribution in [2.45, 2.75) is 27.7 Å². The first-order valence-electron chi connectivity index (χ1n) is 7.48. The number of amides is 2. The number of carbonyl (C=O) groups is 2. The third-order valence-corrected chi connectivity index (χ3v) is 5.12. The summed E-state index contributed by atoms with van der Waals surface area (Å²) >= 11 is 1.46. The summed E-state index contributed by atoms with van der Waals surface area (Å²) in [6.45, 7) is 7.97. The van der Waals surface area contributed by atoms with Crippen molar-refractivity contribution in [2.24, 2.45) is 0 Å². The third kappa shape index (κ3) is 3.99. The Bertz CT molecular complexity index is 730. The molecule has 0 fully saturated rings. The van der Waals surface area contributed by atoms with Crippen LogP contribution in [0.15, 0.2) is 24.3 Å². The maximum atomic E-state index is 12.4. The third-order valence-electron chi connectivity index (χ3n) is 3.98. The van der Waals surface area contributed by atoms with Crippen LogP contribution in [0.4, 0.5) is 5.69 Å². The van der Waals surface area contributed by atoms with Gasteiger partial charge in [-0.1, -0.05) is 12.1 Å². The summed E-state index contributed by atoms with van der Waals surface area (Å²) in [5.74, 6) is -0.318. The second-order valence-electron chi connectivity index (χ2n) is 5.81. The Balaban J connectivity index is 2.02. The summed E-state index contributed by atoms with van der Waals surface area (Å²) in [7, 11) is 1.65. The Labute approximate surface area is 141 Å². The van der Waals surface area contributed by atoms with Crippen LogP contribution in [0.25, 0.3) is 0 Å². The van der Waals surface area contributed by atoms with Gasteiger partial charge in [-0.15, -0.1) is 11.3 Å². The summed E-state index contributed by atoms with van der Waals surface area (Å²) in [5.41, 5.74) is 4.06. The molecular formula is C18H22N2O2S. The Morgan fingerprint density at radius 2 is 1.83 bits per heavy atom. The summed E-state index contributed by atoms with van der Waals surface area (Å²) in [6.07, 6.45) is 0. The zero-order valence-corrected chi connectivity index (χ0v) is 15.0. The summed E-state index contributed by atoms with van der Waals surface area (Å²) in [4.78, 5) is 27.8. The highest BCUT2D eigenvalue weighted by atomic mass is 32.1. The van der Waals surface area contributed by atoms with Gasteiger partial charge < -0.3 is 10.2 Å². The number of nitrogens with zero attached hydrogens (tertiary/aromatic N) is 1. The van der Waals surface area contributed by atoms with E-state index in [1.807, 2.05) is 52.0 Å². The van der Waals surface area contributed by atoms with Crippen LogP contribution in [-0.2, 0) is 4.79 Å². The normalized spacial score (nSPS) is 10.5. The van der Waals surface area contributed by atoms with Crippen LogP contribution in [0.3, 0.4) is 0 Å². The number of rotatable bonds is 4. The lowest BCUT2D eigenvalue weighted by atomic mass is 10.1. The molecule has 1 heterocycles. The van der Waals surface area contributed by atoms with Gasteiger partial charge in [-0.25, -0.2) is 0 Å². The fourth-order valence-electron chi connectivity index (χ4n) is 2.23. The van der Waals surface area contributed by atoms with Crippen molar-refractivity contribution in [1.82, 2.24) is 4.90 Å². The van der Waals surface area contributed by atoms with Gasteiger partial charge in [0.2, 0.25) is 5.91 Å². The van der Waals surface area contributed by atoms with Crippen LogP contribution >= 0.6 is 11.3 Å². The van der Waals surface area contributed by atoms with Crippen LogP contribution in [0.1, 0.15) is 31.2 Å². The van der Waals surface area contributed by atoms with Gasteiger partial charge in [-0.3, -0.25) is 9.59 Å². The summed E-state index contributed by atoms with van der Waals surface area (Å²) < 4.78 is 0. The van der Waals surface area contributed by atoms with E-state index >= 15 is 0 Å². The van der Waals surface area contributed by atoms with Crippen molar-refractivity contribution in [1.29, 1.82) is 0 Å². The van der Waals surface area contributed by atoms with Crippen molar-refractivity contribution >= 4 is 28.8 Å². The number of likely N-dealkylation sites (N-methyl/N-ethyl adjacent to an activating group) is 1. The second kappa shape index (κ2) is 6.96. The summed E-state index contributed by atoms with van der Waals surface area (Å²) in [5, 5.41) is 2.88. The monoisotopic (exact) mass is 330 g/mol. The van der Waals surface area contributed by atoms with Gasteiger partial charge in [-0.2, -0.15) is 0 Å². The van der Waals surface area contributed by atoms with Crippen LogP contribution in [0, 0.1) is 27.7 Å². The molecule has 0 spiro atoms. The Morgan fingerprint density at radius 1 is 1.13 bits per heavy atom. The molecule has 23 heavy (non-hydrogen) atoms. The number of hydrogen-bond donors (Lipinski definition) is 1. The molecule has 0 bridgehead atoms. The van der Waals surface area contributed by atoms with Crippen molar-refractivity contribution < 1.29 is 9.59 Å². The number of benzene rings is 1. The van der Waals surface area contributed by atoms with Gasteiger partial charge in [0, 0.05) is 17.6 Å². The fraction of sp³-hybridized carbons (Fsp3) is 0.333. The van der Waals surface area contributed by atoms with E-state index in [0.29, 0.717) is 4.88 Å². The van der Waals surface area contributed by atoms with Crippen molar-refractivity contribution in [3.05, 3.63) is 50.7 Å². The standard InChI is InChI=1S/C18H22N2O2S/c1-11-7-6-8-15(13(11)3)19-17(21)10-20(5)18(22)16-9-12(2)14(4)23-16/h6-9H,10H2,1-5H3,(H,19,21). The number of nitrogens with one attached hydrogen (secondary N) is 1. The highest BCUT2D eigenvalue weighted by Crippen LogP contribution is 2.22. The quantitative estimate of drug-likeness (QED) is 0.929. The van der Waals surface area contributed by atoms with E-state index in [1.54, 1.807) is 7.05 Å². The van der Waals surface area contributed by atoms with E-state index in [-0.39, 0.29) is 18.4 Å². The molecule has 1 N–H and O–H groups in total. The number of anilines is 1. The Kier molecular flexibility index (Phi) is 5.21. The van der Waals surface area contributed by atoms with Gasteiger partial charge in [0.25, 0.3) is 5.91 Å². The predicted molar refractivity (Wildman–Crippen MR) is 95.3 cm³/mol. The van der Waals surface area contributed by atoms with E-state index in [2.05, 4.69) is 5.32 Å². The van der Waals surface area contributed by atoms with Crippen LogP contribution in [0.2, 0.25) is 0 Å². The van der Waals surface area contributed by atoms with Crippen molar-refractivity contribution in [3.63, 3.8) is 0 Å². The van der Waals surface area contributed by atoms with Crippen molar-refractivity contribution in [3.8, 4) is 0 Å². The van der Waals surface area contributed by atoms with Crippen LogP contribution < -0.4 is 5.32 Å².